The van der Waals surface area contributed by atoms with E-state index in [2.05, 4.69) is 17.6 Å². The van der Waals surface area contributed by atoms with Crippen molar-refractivity contribution in [3.63, 3.8) is 0 Å². The van der Waals surface area contributed by atoms with Crippen LogP contribution in [-0.2, 0) is 25.7 Å². The topological polar surface area (TPSA) is 108 Å². The van der Waals surface area contributed by atoms with E-state index in [0.717, 1.165) is 18.4 Å². The van der Waals surface area contributed by atoms with Crippen LogP contribution in [0.5, 0.6) is 0 Å². The lowest BCUT2D eigenvalue weighted by Crippen LogP contribution is -2.58. The summed E-state index contributed by atoms with van der Waals surface area (Å²) in [6.07, 6.45) is 4.04. The zero-order valence-electron chi connectivity index (χ0n) is 21.1. The van der Waals surface area contributed by atoms with E-state index in [0.29, 0.717) is 38.8 Å². The number of fused-ring (bicyclic) bond motifs is 1. The number of amides is 3. The largest absolute Gasteiger partial charge is 0.394 e. The van der Waals surface area contributed by atoms with E-state index in [-0.39, 0.29) is 24.3 Å². The van der Waals surface area contributed by atoms with Crippen LogP contribution < -0.4 is 10.6 Å². The number of hydrogen-bond donors (Lipinski definition) is 3. The fraction of sp³-hybridized carbons (Fsp3) is 0.667. The van der Waals surface area contributed by atoms with Gasteiger partial charge in [-0.05, 0) is 37.7 Å². The first-order valence-corrected chi connectivity index (χ1v) is 13.1. The Kier molecular flexibility index (Phi) is 7.52. The Bertz CT molecular complexity index is 936. The lowest BCUT2D eigenvalue weighted by atomic mass is 9.65. The van der Waals surface area contributed by atoms with Crippen molar-refractivity contribution in [1.29, 1.82) is 0 Å². The average molecular weight is 486 g/mol. The molecular formula is C27H39N3O5. The van der Waals surface area contributed by atoms with Crippen molar-refractivity contribution in [3.05, 3.63) is 35.9 Å². The molecule has 8 nitrogen and oxygen atoms in total. The molecule has 35 heavy (non-hydrogen) atoms. The quantitative estimate of drug-likeness (QED) is 0.416. The molecule has 1 spiro atoms. The first kappa shape index (κ1) is 25.6. The third kappa shape index (κ3) is 4.14. The molecular weight excluding hydrogens is 446 g/mol. The highest BCUT2D eigenvalue weighted by Gasteiger charge is 2.79. The van der Waals surface area contributed by atoms with Gasteiger partial charge in [-0.2, -0.15) is 0 Å². The van der Waals surface area contributed by atoms with Crippen molar-refractivity contribution >= 4 is 17.7 Å². The van der Waals surface area contributed by atoms with Gasteiger partial charge in [-0.25, -0.2) is 0 Å². The molecule has 3 amide bonds. The summed E-state index contributed by atoms with van der Waals surface area (Å²) in [7, 11) is 0. The molecule has 3 aliphatic rings. The Hall–Kier alpha value is -2.45. The number of carbonyl (C=O) groups is 3. The molecule has 3 aliphatic heterocycles. The molecule has 0 aliphatic carbocycles. The van der Waals surface area contributed by atoms with E-state index in [4.69, 9.17) is 4.74 Å². The number of rotatable bonds is 11. The van der Waals surface area contributed by atoms with Gasteiger partial charge in [0.05, 0.1) is 30.1 Å². The van der Waals surface area contributed by atoms with E-state index in [1.165, 1.54) is 4.90 Å². The molecule has 6 atom stereocenters. The minimum Gasteiger partial charge on any atom is -0.394 e. The number of likely N-dealkylation sites (tertiary alicyclic amines) is 1. The monoisotopic (exact) mass is 485 g/mol. The number of unbranched alkanes of at least 4 members (excludes halogenated alkanes) is 1. The number of benzene rings is 1. The second kappa shape index (κ2) is 10.3. The number of aliphatic hydroxyl groups is 1. The molecule has 0 saturated carbocycles. The van der Waals surface area contributed by atoms with Crippen LogP contribution in [0.25, 0.3) is 0 Å². The minimum atomic E-state index is -1.05. The second-order valence-corrected chi connectivity index (χ2v) is 10.2. The van der Waals surface area contributed by atoms with E-state index < -0.39 is 35.1 Å². The Balaban J connectivity index is 1.68. The van der Waals surface area contributed by atoms with Crippen LogP contribution in [0, 0.1) is 11.8 Å². The smallest absolute Gasteiger partial charge is 0.245 e. The summed E-state index contributed by atoms with van der Waals surface area (Å²) < 4.78 is 6.72. The lowest BCUT2D eigenvalue weighted by Gasteiger charge is -2.37. The van der Waals surface area contributed by atoms with Crippen molar-refractivity contribution in [3.8, 4) is 0 Å². The summed E-state index contributed by atoms with van der Waals surface area (Å²) in [4.78, 5) is 42.7. The maximum Gasteiger partial charge on any atom is 0.245 e. The molecule has 1 aromatic rings. The van der Waals surface area contributed by atoms with Crippen LogP contribution in [-0.4, -0.2) is 64.2 Å². The van der Waals surface area contributed by atoms with E-state index in [1.807, 2.05) is 44.2 Å². The summed E-state index contributed by atoms with van der Waals surface area (Å²) in [6, 6.07) is 8.30. The molecule has 8 heteroatoms. The fourth-order valence-electron chi connectivity index (χ4n) is 6.54. The molecule has 3 N–H and O–H groups in total. The van der Waals surface area contributed by atoms with Gasteiger partial charge in [-0.1, -0.05) is 57.5 Å². The number of nitrogens with zero attached hydrogens (tertiary/aromatic N) is 1. The van der Waals surface area contributed by atoms with Crippen LogP contribution in [0.4, 0.5) is 0 Å². The molecule has 192 valence electrons. The minimum absolute atomic E-state index is 0.209. The van der Waals surface area contributed by atoms with Gasteiger partial charge in [-0.3, -0.25) is 14.4 Å². The summed E-state index contributed by atoms with van der Waals surface area (Å²) in [5.41, 5.74) is -0.847. The van der Waals surface area contributed by atoms with Gasteiger partial charge in [-0.15, -0.1) is 0 Å². The molecule has 3 fully saturated rings. The molecule has 0 radical (unpaired) electrons. The lowest BCUT2D eigenvalue weighted by molar-refractivity contribution is -0.151. The van der Waals surface area contributed by atoms with Crippen molar-refractivity contribution in [2.45, 2.75) is 89.1 Å². The van der Waals surface area contributed by atoms with Crippen molar-refractivity contribution in [2.75, 3.05) is 13.2 Å². The summed E-state index contributed by atoms with van der Waals surface area (Å²) in [6.45, 7) is 6.57. The van der Waals surface area contributed by atoms with Gasteiger partial charge in [0.2, 0.25) is 17.7 Å². The maximum atomic E-state index is 14.0. The Morgan fingerprint density at radius 3 is 2.51 bits per heavy atom. The summed E-state index contributed by atoms with van der Waals surface area (Å²) in [5.74, 6) is -2.13. The van der Waals surface area contributed by atoms with E-state index >= 15 is 0 Å². The SMILES string of the molecule is CCCCNC(=O)C1N([C@@H](CC)CO)C(=O)[C@@H]2[C@@H](C(=O)NCc3ccccc3)[C@@]3(CC)CCC12O3. The summed E-state index contributed by atoms with van der Waals surface area (Å²) in [5, 5.41) is 16.1. The van der Waals surface area contributed by atoms with Crippen LogP contribution in [0.15, 0.2) is 30.3 Å². The second-order valence-electron chi connectivity index (χ2n) is 10.2. The third-order valence-electron chi connectivity index (χ3n) is 8.36. The van der Waals surface area contributed by atoms with Crippen LogP contribution >= 0.6 is 0 Å². The van der Waals surface area contributed by atoms with Gasteiger partial charge in [0.15, 0.2) is 0 Å². The maximum absolute atomic E-state index is 14.0. The Morgan fingerprint density at radius 1 is 1.14 bits per heavy atom. The van der Waals surface area contributed by atoms with Crippen LogP contribution in [0.1, 0.15) is 64.9 Å². The molecule has 3 heterocycles. The van der Waals surface area contributed by atoms with Gasteiger partial charge >= 0.3 is 0 Å². The molecule has 4 rings (SSSR count). The van der Waals surface area contributed by atoms with Crippen molar-refractivity contribution in [2.24, 2.45) is 11.8 Å². The Morgan fingerprint density at radius 2 is 1.89 bits per heavy atom. The molecule has 2 bridgehead atoms. The number of nitrogens with one attached hydrogen (secondary N) is 2. The predicted molar refractivity (Wildman–Crippen MR) is 131 cm³/mol. The standard InChI is InChI=1S/C27H39N3O5/c1-4-7-15-28-24(33)22-27-14-13-26(6-3,35-27)20(21(27)25(34)30(22)19(5-2)17-31)23(32)29-16-18-11-9-8-10-12-18/h8-12,19-22,31H,4-7,13-17H2,1-3H3,(H,28,33)(H,29,32)/t19-,20-,21-,22?,26+,27?/m0/s1. The molecule has 2 unspecified atom stereocenters. The Labute approximate surface area is 207 Å². The van der Waals surface area contributed by atoms with Gasteiger partial charge in [0.1, 0.15) is 11.6 Å². The van der Waals surface area contributed by atoms with Gasteiger partial charge in [0.25, 0.3) is 0 Å². The van der Waals surface area contributed by atoms with Crippen molar-refractivity contribution in [1.82, 2.24) is 15.5 Å². The van der Waals surface area contributed by atoms with Crippen LogP contribution in [0.3, 0.4) is 0 Å². The van der Waals surface area contributed by atoms with Crippen molar-refractivity contribution < 1.29 is 24.2 Å². The number of aliphatic hydroxyl groups excluding tert-OH is 1. The molecule has 1 aromatic carbocycles. The zero-order chi connectivity index (χ0) is 25.2. The number of ether oxygens (including phenoxy) is 1. The highest BCUT2D eigenvalue weighted by molar-refractivity contribution is 5.99. The van der Waals surface area contributed by atoms with E-state index in [9.17, 15) is 19.5 Å². The van der Waals surface area contributed by atoms with Gasteiger partial charge < -0.3 is 25.4 Å². The number of carbonyl (C=O) groups excluding carboxylic acids is 3. The first-order chi connectivity index (χ1) is 16.9. The van der Waals surface area contributed by atoms with Crippen LogP contribution in [0.2, 0.25) is 0 Å². The third-order valence-corrected chi connectivity index (χ3v) is 8.36. The molecule has 3 saturated heterocycles. The predicted octanol–water partition coefficient (Wildman–Crippen LogP) is 2.14. The normalized spacial score (nSPS) is 31.9. The zero-order valence-corrected chi connectivity index (χ0v) is 21.1. The van der Waals surface area contributed by atoms with Gasteiger partial charge in [0, 0.05) is 13.1 Å². The molecule has 0 aromatic heterocycles. The van der Waals surface area contributed by atoms with E-state index in [1.54, 1.807) is 0 Å². The summed E-state index contributed by atoms with van der Waals surface area (Å²) >= 11 is 0. The highest BCUT2D eigenvalue weighted by atomic mass is 16.5. The number of hydrogen-bond acceptors (Lipinski definition) is 5. The first-order valence-electron chi connectivity index (χ1n) is 13.1. The average Bonchev–Trinajstić information content (AvgIpc) is 3.48. The highest BCUT2D eigenvalue weighted by Crippen LogP contribution is 2.64. The fourth-order valence-corrected chi connectivity index (χ4v) is 6.54.